The summed E-state index contributed by atoms with van der Waals surface area (Å²) in [6.45, 7) is 16.6. The Hall–Kier alpha value is -0.300. The van der Waals surface area contributed by atoms with Gasteiger partial charge in [-0.15, -0.1) is 0 Å². The topological polar surface area (TPSA) is 20.2 Å². The van der Waals surface area contributed by atoms with E-state index in [0.29, 0.717) is 11.3 Å². The number of hydrogen-bond donors (Lipinski definition) is 1. The minimum Gasteiger partial charge on any atom is -0.393 e. The van der Waals surface area contributed by atoms with Crippen LogP contribution < -0.4 is 0 Å². The maximum Gasteiger partial charge on any atom is 0.0548 e. The van der Waals surface area contributed by atoms with Crippen molar-refractivity contribution in [3.63, 3.8) is 0 Å². The van der Waals surface area contributed by atoms with Gasteiger partial charge in [-0.1, -0.05) is 99.1 Å². The molecule has 0 amide bonds. The second-order valence-electron chi connectivity index (χ2n) is 11.2. The average Bonchev–Trinajstić information content (AvgIpc) is 2.57. The van der Waals surface area contributed by atoms with Crippen molar-refractivity contribution in [2.24, 2.45) is 35.0 Å². The molecule has 166 valence electrons. The SMILES string of the molecule is CCC[C@@H](C)C/C=C/C[C@@H](C)CCC[C@@H](C)CC[C@H]1[C@@H](C)C[C@@H](O)CC1(C)C. The van der Waals surface area contributed by atoms with E-state index in [9.17, 15) is 5.11 Å². The van der Waals surface area contributed by atoms with Crippen LogP contribution in [-0.4, -0.2) is 11.2 Å². The Labute approximate surface area is 177 Å². The van der Waals surface area contributed by atoms with Crippen LogP contribution in [0.5, 0.6) is 0 Å². The van der Waals surface area contributed by atoms with E-state index in [2.05, 4.69) is 60.6 Å². The molecule has 1 N–H and O–H groups in total. The fraction of sp³-hybridized carbons (Fsp3) is 0.926. The minimum atomic E-state index is -0.0796. The minimum absolute atomic E-state index is 0.0796. The fourth-order valence-corrected chi connectivity index (χ4v) is 5.69. The Morgan fingerprint density at radius 1 is 0.929 bits per heavy atom. The van der Waals surface area contributed by atoms with Gasteiger partial charge in [0.15, 0.2) is 0 Å². The van der Waals surface area contributed by atoms with Crippen molar-refractivity contribution < 1.29 is 5.11 Å². The molecule has 0 unspecified atom stereocenters. The van der Waals surface area contributed by atoms with Crippen molar-refractivity contribution in [3.8, 4) is 0 Å². The van der Waals surface area contributed by atoms with Crippen LogP contribution in [0.2, 0.25) is 0 Å². The summed E-state index contributed by atoms with van der Waals surface area (Å²) in [7, 11) is 0. The van der Waals surface area contributed by atoms with E-state index in [-0.39, 0.29) is 6.10 Å². The quantitative estimate of drug-likeness (QED) is 0.312. The van der Waals surface area contributed by atoms with Crippen LogP contribution in [0.1, 0.15) is 119 Å². The molecule has 0 heterocycles. The van der Waals surface area contributed by atoms with Gasteiger partial charge in [-0.05, 0) is 67.1 Å². The van der Waals surface area contributed by atoms with E-state index in [1.807, 2.05) is 0 Å². The molecule has 0 saturated heterocycles. The van der Waals surface area contributed by atoms with Gasteiger partial charge in [-0.25, -0.2) is 0 Å². The van der Waals surface area contributed by atoms with Crippen LogP contribution in [0.25, 0.3) is 0 Å². The largest absolute Gasteiger partial charge is 0.393 e. The van der Waals surface area contributed by atoms with Crippen LogP contribution in [0.3, 0.4) is 0 Å². The Bertz CT molecular complexity index is 424. The lowest BCUT2D eigenvalue weighted by atomic mass is 9.61. The molecule has 1 aliphatic carbocycles. The molecule has 1 heteroatoms. The summed E-state index contributed by atoms with van der Waals surface area (Å²) >= 11 is 0. The van der Waals surface area contributed by atoms with E-state index in [0.717, 1.165) is 36.5 Å². The van der Waals surface area contributed by atoms with E-state index in [4.69, 9.17) is 0 Å². The van der Waals surface area contributed by atoms with Crippen molar-refractivity contribution in [2.75, 3.05) is 0 Å². The zero-order valence-electron chi connectivity index (χ0n) is 20.3. The van der Waals surface area contributed by atoms with Gasteiger partial charge in [-0.2, -0.15) is 0 Å². The molecule has 1 saturated carbocycles. The number of aliphatic hydroxyl groups excluding tert-OH is 1. The summed E-state index contributed by atoms with van der Waals surface area (Å²) in [6, 6.07) is 0. The summed E-state index contributed by atoms with van der Waals surface area (Å²) in [4.78, 5) is 0. The third-order valence-electron chi connectivity index (χ3n) is 7.49. The van der Waals surface area contributed by atoms with E-state index in [1.54, 1.807) is 0 Å². The first-order valence-electron chi connectivity index (χ1n) is 12.5. The van der Waals surface area contributed by atoms with Gasteiger partial charge in [0.25, 0.3) is 0 Å². The monoisotopic (exact) mass is 392 g/mol. The summed E-state index contributed by atoms with van der Waals surface area (Å²) in [5.41, 5.74) is 0.298. The maximum atomic E-state index is 10.1. The van der Waals surface area contributed by atoms with E-state index >= 15 is 0 Å². The highest BCUT2D eigenvalue weighted by Crippen LogP contribution is 2.46. The number of rotatable bonds is 13. The Morgan fingerprint density at radius 3 is 2.07 bits per heavy atom. The van der Waals surface area contributed by atoms with Crippen LogP contribution in [0.4, 0.5) is 0 Å². The highest BCUT2D eigenvalue weighted by atomic mass is 16.3. The van der Waals surface area contributed by atoms with Crippen molar-refractivity contribution in [1.29, 1.82) is 0 Å². The van der Waals surface area contributed by atoms with E-state index in [1.165, 1.54) is 57.8 Å². The predicted octanol–water partition coefficient (Wildman–Crippen LogP) is 8.41. The first-order chi connectivity index (χ1) is 13.2. The molecule has 0 aromatic rings. The van der Waals surface area contributed by atoms with Gasteiger partial charge in [0.1, 0.15) is 0 Å². The number of allylic oxidation sites excluding steroid dienone is 2. The van der Waals surface area contributed by atoms with Gasteiger partial charge in [-0.3, -0.25) is 0 Å². The van der Waals surface area contributed by atoms with Gasteiger partial charge >= 0.3 is 0 Å². The fourth-order valence-electron chi connectivity index (χ4n) is 5.69. The molecule has 0 aromatic heterocycles. The molecular formula is C27H52O. The Kier molecular flexibility index (Phi) is 12.0. The molecule has 1 rings (SSSR count). The van der Waals surface area contributed by atoms with Gasteiger partial charge < -0.3 is 5.11 Å². The van der Waals surface area contributed by atoms with Crippen molar-refractivity contribution in [2.45, 2.75) is 125 Å². The van der Waals surface area contributed by atoms with Crippen molar-refractivity contribution in [3.05, 3.63) is 12.2 Å². The number of aliphatic hydroxyl groups is 1. The second-order valence-corrected chi connectivity index (χ2v) is 11.2. The van der Waals surface area contributed by atoms with Crippen LogP contribution >= 0.6 is 0 Å². The lowest BCUT2D eigenvalue weighted by Gasteiger charge is -2.45. The molecule has 0 aromatic carbocycles. The molecule has 0 bridgehead atoms. The van der Waals surface area contributed by atoms with Crippen molar-refractivity contribution >= 4 is 0 Å². The molecule has 6 atom stereocenters. The summed E-state index contributed by atoms with van der Waals surface area (Å²) < 4.78 is 0. The van der Waals surface area contributed by atoms with Crippen LogP contribution in [-0.2, 0) is 0 Å². The standard InChI is InChI=1S/C27H52O/c1-8-12-21(2)13-9-10-14-22(3)15-11-16-23(4)17-18-26-24(5)19-25(28)20-27(26,6)7/h9-10,21-26,28H,8,11-20H2,1-7H3/b10-9+/t21-,22-,23-,24+,25-,26+/m1/s1. The molecule has 28 heavy (non-hydrogen) atoms. The zero-order chi connectivity index (χ0) is 21.2. The second kappa shape index (κ2) is 13.1. The molecular weight excluding hydrogens is 340 g/mol. The van der Waals surface area contributed by atoms with E-state index < -0.39 is 0 Å². The lowest BCUT2D eigenvalue weighted by Crippen LogP contribution is -2.40. The molecule has 1 fully saturated rings. The normalized spacial score (nSPS) is 28.4. The van der Waals surface area contributed by atoms with Gasteiger partial charge in [0.2, 0.25) is 0 Å². The van der Waals surface area contributed by atoms with Gasteiger partial charge in [0, 0.05) is 0 Å². The third kappa shape index (κ3) is 9.95. The summed E-state index contributed by atoms with van der Waals surface area (Å²) in [5, 5.41) is 10.1. The first kappa shape index (κ1) is 25.7. The van der Waals surface area contributed by atoms with Crippen molar-refractivity contribution in [1.82, 2.24) is 0 Å². The Balaban J connectivity index is 2.19. The number of hydrogen-bond acceptors (Lipinski definition) is 1. The van der Waals surface area contributed by atoms with Crippen LogP contribution in [0, 0.1) is 35.0 Å². The van der Waals surface area contributed by atoms with Crippen LogP contribution in [0.15, 0.2) is 12.2 Å². The molecule has 1 aliphatic rings. The molecule has 0 spiro atoms. The molecule has 1 nitrogen and oxygen atoms in total. The van der Waals surface area contributed by atoms with Gasteiger partial charge in [0.05, 0.1) is 6.10 Å². The summed E-state index contributed by atoms with van der Waals surface area (Å²) in [6.07, 6.45) is 18.8. The zero-order valence-corrected chi connectivity index (χ0v) is 20.3. The lowest BCUT2D eigenvalue weighted by molar-refractivity contribution is -0.0174. The average molecular weight is 393 g/mol. The third-order valence-corrected chi connectivity index (χ3v) is 7.49. The maximum absolute atomic E-state index is 10.1. The smallest absolute Gasteiger partial charge is 0.0548 e. The first-order valence-corrected chi connectivity index (χ1v) is 12.5. The highest BCUT2D eigenvalue weighted by molar-refractivity contribution is 4.90. The summed E-state index contributed by atoms with van der Waals surface area (Å²) in [5.74, 6) is 3.95. The highest BCUT2D eigenvalue weighted by Gasteiger charge is 2.40. The predicted molar refractivity (Wildman–Crippen MR) is 126 cm³/mol. The molecule has 0 radical (unpaired) electrons. The Morgan fingerprint density at radius 2 is 1.50 bits per heavy atom. The molecule has 0 aliphatic heterocycles.